The van der Waals surface area contributed by atoms with Gasteiger partial charge in [0.15, 0.2) is 0 Å². The molecule has 3 aliphatic heterocycles. The van der Waals surface area contributed by atoms with Crippen molar-refractivity contribution in [1.82, 2.24) is 9.80 Å². The summed E-state index contributed by atoms with van der Waals surface area (Å²) in [6.07, 6.45) is 4.69. The van der Waals surface area contributed by atoms with E-state index in [1.807, 2.05) is 6.08 Å². The maximum atomic E-state index is 5.82. The van der Waals surface area contributed by atoms with Gasteiger partial charge in [-0.1, -0.05) is 6.08 Å². The van der Waals surface area contributed by atoms with E-state index in [4.69, 9.17) is 5.73 Å². The average molecular weight is 223 g/mol. The molecule has 3 heterocycles. The minimum atomic E-state index is 0.666. The van der Waals surface area contributed by atoms with Crippen molar-refractivity contribution in [2.75, 3.05) is 39.8 Å². The molecule has 0 saturated carbocycles. The number of fused-ring (bicyclic) bond motifs is 3. The highest BCUT2D eigenvalue weighted by Crippen LogP contribution is 2.36. The van der Waals surface area contributed by atoms with Gasteiger partial charge in [0.25, 0.3) is 0 Å². The Morgan fingerprint density at radius 3 is 2.94 bits per heavy atom. The summed E-state index contributed by atoms with van der Waals surface area (Å²) in [6.45, 7) is 9.38. The van der Waals surface area contributed by atoms with Gasteiger partial charge in [0.2, 0.25) is 0 Å². The van der Waals surface area contributed by atoms with E-state index in [0.29, 0.717) is 6.04 Å². The Morgan fingerprint density at radius 2 is 2.38 bits per heavy atom. The standard InChI is InChI=1S/C13H25N3/c1-3-5-15(2)9-12-10-16-6-4-11(12)7-13(16)8-14/h3,11-13H,1,4-10,14H2,2H3. The first-order valence-electron chi connectivity index (χ1n) is 6.48. The van der Waals surface area contributed by atoms with Crippen LogP contribution in [0.25, 0.3) is 0 Å². The lowest BCUT2D eigenvalue weighted by Gasteiger charge is -2.50. The first-order valence-corrected chi connectivity index (χ1v) is 6.48. The minimum absolute atomic E-state index is 0.666. The van der Waals surface area contributed by atoms with E-state index < -0.39 is 0 Å². The highest BCUT2D eigenvalue weighted by Gasteiger charge is 2.39. The van der Waals surface area contributed by atoms with E-state index in [9.17, 15) is 0 Å². The number of likely N-dealkylation sites (N-methyl/N-ethyl adjacent to an activating group) is 1. The van der Waals surface area contributed by atoms with E-state index in [2.05, 4.69) is 23.4 Å². The minimum Gasteiger partial charge on any atom is -0.329 e. The largest absolute Gasteiger partial charge is 0.329 e. The average Bonchev–Trinajstić information content (AvgIpc) is 2.30. The molecule has 0 spiro atoms. The smallest absolute Gasteiger partial charge is 0.0221 e. The normalized spacial score (nSPS) is 37.9. The van der Waals surface area contributed by atoms with E-state index in [0.717, 1.165) is 24.9 Å². The van der Waals surface area contributed by atoms with Crippen molar-refractivity contribution in [1.29, 1.82) is 0 Å². The monoisotopic (exact) mass is 223 g/mol. The van der Waals surface area contributed by atoms with Gasteiger partial charge in [0.1, 0.15) is 0 Å². The maximum absolute atomic E-state index is 5.82. The Kier molecular flexibility index (Phi) is 4.00. The molecule has 3 saturated heterocycles. The number of piperidine rings is 3. The molecule has 0 amide bonds. The van der Waals surface area contributed by atoms with Gasteiger partial charge >= 0.3 is 0 Å². The molecular formula is C13H25N3. The Labute approximate surface area is 99.3 Å². The first kappa shape index (κ1) is 12.1. The summed E-state index contributed by atoms with van der Waals surface area (Å²) in [6, 6.07) is 0.666. The quantitative estimate of drug-likeness (QED) is 0.699. The van der Waals surface area contributed by atoms with Crippen molar-refractivity contribution in [3.8, 4) is 0 Å². The Bertz CT molecular complexity index is 241. The topological polar surface area (TPSA) is 32.5 Å². The third-order valence-electron chi connectivity index (χ3n) is 4.27. The van der Waals surface area contributed by atoms with Crippen molar-refractivity contribution in [2.45, 2.75) is 18.9 Å². The van der Waals surface area contributed by atoms with Crippen LogP contribution in [0, 0.1) is 11.8 Å². The van der Waals surface area contributed by atoms with Crippen LogP contribution in [0.1, 0.15) is 12.8 Å². The predicted molar refractivity (Wildman–Crippen MR) is 68.3 cm³/mol. The zero-order valence-electron chi connectivity index (χ0n) is 10.4. The molecule has 2 N–H and O–H groups in total. The molecule has 4 unspecified atom stereocenters. The lowest BCUT2D eigenvalue weighted by molar-refractivity contribution is -0.00518. The van der Waals surface area contributed by atoms with Crippen LogP contribution in [0.4, 0.5) is 0 Å². The fraction of sp³-hybridized carbons (Fsp3) is 0.846. The molecule has 0 radical (unpaired) electrons. The number of hydrogen-bond donors (Lipinski definition) is 1. The van der Waals surface area contributed by atoms with Gasteiger partial charge in [-0.15, -0.1) is 6.58 Å². The summed E-state index contributed by atoms with van der Waals surface area (Å²) in [5.74, 6) is 1.76. The third kappa shape index (κ3) is 2.47. The van der Waals surface area contributed by atoms with Crippen LogP contribution in [-0.4, -0.2) is 55.6 Å². The molecule has 3 aliphatic rings. The highest BCUT2D eigenvalue weighted by molar-refractivity contribution is 4.94. The summed E-state index contributed by atoms with van der Waals surface area (Å²) < 4.78 is 0. The lowest BCUT2D eigenvalue weighted by atomic mass is 9.75. The van der Waals surface area contributed by atoms with Gasteiger partial charge in [0.05, 0.1) is 0 Å². The summed E-state index contributed by atoms with van der Waals surface area (Å²) in [5, 5.41) is 0. The number of nitrogens with two attached hydrogens (primary N) is 1. The summed E-state index contributed by atoms with van der Waals surface area (Å²) in [5.41, 5.74) is 5.82. The van der Waals surface area contributed by atoms with Crippen LogP contribution in [0.3, 0.4) is 0 Å². The van der Waals surface area contributed by atoms with Gasteiger partial charge in [-0.2, -0.15) is 0 Å². The molecule has 3 rings (SSSR count). The second kappa shape index (κ2) is 5.30. The van der Waals surface area contributed by atoms with Crippen molar-refractivity contribution in [2.24, 2.45) is 17.6 Å². The van der Waals surface area contributed by atoms with E-state index in [1.54, 1.807) is 0 Å². The molecule has 0 aromatic rings. The second-order valence-corrected chi connectivity index (χ2v) is 5.44. The molecule has 4 atom stereocenters. The second-order valence-electron chi connectivity index (χ2n) is 5.44. The number of hydrogen-bond acceptors (Lipinski definition) is 3. The van der Waals surface area contributed by atoms with Crippen LogP contribution in [0.2, 0.25) is 0 Å². The lowest BCUT2D eigenvalue weighted by Crippen LogP contribution is -2.57. The first-order chi connectivity index (χ1) is 7.74. The molecule has 0 aromatic heterocycles. The molecule has 2 bridgehead atoms. The van der Waals surface area contributed by atoms with Crippen molar-refractivity contribution in [3.63, 3.8) is 0 Å². The zero-order chi connectivity index (χ0) is 11.5. The van der Waals surface area contributed by atoms with E-state index >= 15 is 0 Å². The Hall–Kier alpha value is -0.380. The highest BCUT2D eigenvalue weighted by atomic mass is 15.2. The van der Waals surface area contributed by atoms with Crippen molar-refractivity contribution >= 4 is 0 Å². The number of nitrogens with zero attached hydrogens (tertiary/aromatic N) is 2. The fourth-order valence-corrected chi connectivity index (χ4v) is 3.40. The molecule has 3 fully saturated rings. The van der Waals surface area contributed by atoms with Gasteiger partial charge < -0.3 is 10.6 Å². The van der Waals surface area contributed by atoms with Gasteiger partial charge in [-0.25, -0.2) is 0 Å². The molecule has 0 aliphatic carbocycles. The fourth-order valence-electron chi connectivity index (χ4n) is 3.40. The van der Waals surface area contributed by atoms with Crippen LogP contribution in [-0.2, 0) is 0 Å². The summed E-state index contributed by atoms with van der Waals surface area (Å²) in [7, 11) is 2.19. The van der Waals surface area contributed by atoms with Gasteiger partial charge in [-0.05, 0) is 38.3 Å². The van der Waals surface area contributed by atoms with Gasteiger partial charge in [0, 0.05) is 32.2 Å². The molecule has 16 heavy (non-hydrogen) atoms. The third-order valence-corrected chi connectivity index (χ3v) is 4.27. The van der Waals surface area contributed by atoms with Crippen LogP contribution in [0.5, 0.6) is 0 Å². The molecular weight excluding hydrogens is 198 g/mol. The zero-order valence-corrected chi connectivity index (χ0v) is 10.4. The summed E-state index contributed by atoms with van der Waals surface area (Å²) in [4.78, 5) is 4.99. The van der Waals surface area contributed by atoms with Crippen molar-refractivity contribution < 1.29 is 0 Å². The Balaban J connectivity index is 1.87. The molecule has 0 aromatic carbocycles. The maximum Gasteiger partial charge on any atom is 0.0221 e. The molecule has 92 valence electrons. The SMILES string of the molecule is C=CCN(C)CC1CN2CCC1CC2CN. The van der Waals surface area contributed by atoms with Crippen LogP contribution < -0.4 is 5.73 Å². The number of rotatable bonds is 5. The Morgan fingerprint density at radius 1 is 1.56 bits per heavy atom. The molecule has 3 heteroatoms. The van der Waals surface area contributed by atoms with Crippen LogP contribution >= 0.6 is 0 Å². The molecule has 3 nitrogen and oxygen atoms in total. The van der Waals surface area contributed by atoms with E-state index in [-0.39, 0.29) is 0 Å². The van der Waals surface area contributed by atoms with Gasteiger partial charge in [-0.3, -0.25) is 4.90 Å². The summed E-state index contributed by atoms with van der Waals surface area (Å²) >= 11 is 0. The predicted octanol–water partition coefficient (Wildman–Crippen LogP) is 0.773. The van der Waals surface area contributed by atoms with E-state index in [1.165, 1.54) is 32.5 Å². The van der Waals surface area contributed by atoms with Crippen molar-refractivity contribution in [3.05, 3.63) is 12.7 Å². The van der Waals surface area contributed by atoms with Crippen LogP contribution in [0.15, 0.2) is 12.7 Å².